The number of amides is 3. The summed E-state index contributed by atoms with van der Waals surface area (Å²) in [4.78, 5) is 40.3. The van der Waals surface area contributed by atoms with E-state index >= 15 is 0 Å². The highest BCUT2D eigenvalue weighted by Crippen LogP contribution is 2.29. The lowest BCUT2D eigenvalue weighted by molar-refractivity contribution is -0.127. The van der Waals surface area contributed by atoms with Crippen molar-refractivity contribution < 1.29 is 14.4 Å². The van der Waals surface area contributed by atoms with Crippen LogP contribution in [-0.2, 0) is 16.0 Å². The second-order valence-electron chi connectivity index (χ2n) is 7.68. The van der Waals surface area contributed by atoms with Crippen LogP contribution in [0, 0.1) is 0 Å². The van der Waals surface area contributed by atoms with E-state index in [1.165, 1.54) is 0 Å². The average molecular weight is 428 g/mol. The minimum absolute atomic E-state index is 0.189. The van der Waals surface area contributed by atoms with Gasteiger partial charge >= 0.3 is 0 Å². The summed E-state index contributed by atoms with van der Waals surface area (Å²) in [6.07, 6.45) is 1.79. The third-order valence-electron chi connectivity index (χ3n) is 5.51. The van der Waals surface area contributed by atoms with Gasteiger partial charge in [-0.05, 0) is 42.2 Å². The second-order valence-corrected chi connectivity index (χ2v) is 7.68. The fourth-order valence-corrected chi connectivity index (χ4v) is 3.92. The van der Waals surface area contributed by atoms with Gasteiger partial charge in [-0.2, -0.15) is 0 Å². The van der Waals surface area contributed by atoms with Crippen LogP contribution in [0.15, 0.2) is 84.9 Å². The van der Waals surface area contributed by atoms with Crippen molar-refractivity contribution in [3.63, 3.8) is 0 Å². The molecule has 0 spiro atoms. The van der Waals surface area contributed by atoms with E-state index in [2.05, 4.69) is 10.6 Å². The Labute approximate surface area is 187 Å². The number of nitrogens with one attached hydrogen (secondary N) is 2. The van der Waals surface area contributed by atoms with Crippen molar-refractivity contribution >= 4 is 23.4 Å². The molecule has 2 N–H and O–H groups in total. The van der Waals surface area contributed by atoms with Gasteiger partial charge in [-0.3, -0.25) is 14.4 Å². The van der Waals surface area contributed by atoms with Crippen molar-refractivity contribution in [2.24, 2.45) is 0 Å². The Morgan fingerprint density at radius 2 is 1.50 bits per heavy atom. The topological polar surface area (TPSA) is 78.5 Å². The van der Waals surface area contributed by atoms with Gasteiger partial charge in [0, 0.05) is 17.8 Å². The summed E-state index contributed by atoms with van der Waals surface area (Å²) >= 11 is 0. The van der Waals surface area contributed by atoms with Gasteiger partial charge in [0.15, 0.2) is 0 Å². The van der Waals surface area contributed by atoms with Crippen molar-refractivity contribution in [1.82, 2.24) is 10.6 Å². The molecule has 0 aliphatic carbocycles. The molecule has 0 saturated carbocycles. The number of anilines is 1. The van der Waals surface area contributed by atoms with E-state index in [1.54, 1.807) is 29.2 Å². The fourth-order valence-electron chi connectivity index (χ4n) is 3.92. The van der Waals surface area contributed by atoms with E-state index in [0.29, 0.717) is 17.7 Å². The number of carbonyl (C=O) groups excluding carboxylic acids is 3. The lowest BCUT2D eigenvalue weighted by Gasteiger charge is -2.32. The van der Waals surface area contributed by atoms with Crippen molar-refractivity contribution in [1.29, 1.82) is 0 Å². The van der Waals surface area contributed by atoms with Crippen LogP contribution in [0.25, 0.3) is 0 Å². The van der Waals surface area contributed by atoms with Gasteiger partial charge in [0.2, 0.25) is 5.91 Å². The van der Waals surface area contributed by atoms with Gasteiger partial charge < -0.3 is 15.5 Å². The molecule has 0 aromatic heterocycles. The Morgan fingerprint density at radius 3 is 2.25 bits per heavy atom. The van der Waals surface area contributed by atoms with Gasteiger partial charge in [0.25, 0.3) is 11.8 Å². The SMILES string of the molecule is O=C(CNC(=O)c1ccccc1)N[C@H](C(=O)N1CCCc2ccccc21)c1ccccc1. The van der Waals surface area contributed by atoms with Crippen LogP contribution in [0.1, 0.15) is 33.9 Å². The molecule has 1 aliphatic rings. The zero-order valence-corrected chi connectivity index (χ0v) is 17.7. The Balaban J connectivity index is 1.50. The first-order chi connectivity index (χ1) is 15.6. The van der Waals surface area contributed by atoms with Crippen molar-refractivity contribution in [2.75, 3.05) is 18.0 Å². The van der Waals surface area contributed by atoms with E-state index in [0.717, 1.165) is 24.1 Å². The minimum atomic E-state index is -0.844. The first kappa shape index (κ1) is 21.3. The van der Waals surface area contributed by atoms with Crippen LogP contribution in [-0.4, -0.2) is 30.8 Å². The van der Waals surface area contributed by atoms with Gasteiger partial charge in [-0.1, -0.05) is 66.7 Å². The smallest absolute Gasteiger partial charge is 0.254 e. The number of rotatable bonds is 6. The Hall–Kier alpha value is -3.93. The maximum atomic E-state index is 13.6. The molecule has 3 aromatic rings. The van der Waals surface area contributed by atoms with E-state index in [4.69, 9.17) is 0 Å². The zero-order valence-electron chi connectivity index (χ0n) is 17.7. The lowest BCUT2D eigenvalue weighted by atomic mass is 9.99. The summed E-state index contributed by atoms with van der Waals surface area (Å²) in [5.41, 5.74) is 3.18. The fraction of sp³-hybridized carbons (Fsp3) is 0.192. The Kier molecular flexibility index (Phi) is 6.60. The standard InChI is InChI=1S/C26H25N3O3/c30-23(18-27-25(31)21-13-5-2-6-14-21)28-24(20-11-3-1-4-12-20)26(32)29-17-9-15-19-10-7-8-16-22(19)29/h1-8,10-14,16,24H,9,15,17-18H2,(H,27,31)(H,28,30)/t24-/m0/s1. The maximum Gasteiger partial charge on any atom is 0.254 e. The average Bonchev–Trinajstić information content (AvgIpc) is 2.86. The largest absolute Gasteiger partial charge is 0.343 e. The number of fused-ring (bicyclic) bond motifs is 1. The first-order valence-electron chi connectivity index (χ1n) is 10.7. The van der Waals surface area contributed by atoms with E-state index in [9.17, 15) is 14.4 Å². The van der Waals surface area contributed by atoms with Gasteiger partial charge in [-0.15, -0.1) is 0 Å². The van der Waals surface area contributed by atoms with Crippen LogP contribution in [0.2, 0.25) is 0 Å². The van der Waals surface area contributed by atoms with Crippen LogP contribution in [0.3, 0.4) is 0 Å². The predicted molar refractivity (Wildman–Crippen MR) is 123 cm³/mol. The highest BCUT2D eigenvalue weighted by atomic mass is 16.2. The quantitative estimate of drug-likeness (QED) is 0.634. The van der Waals surface area contributed by atoms with E-state index in [-0.39, 0.29) is 18.4 Å². The normalized spacial score (nSPS) is 13.6. The summed E-state index contributed by atoms with van der Waals surface area (Å²) in [7, 11) is 0. The van der Waals surface area contributed by atoms with Gasteiger partial charge in [-0.25, -0.2) is 0 Å². The molecule has 162 valence electrons. The summed E-state index contributed by atoms with van der Waals surface area (Å²) in [5, 5.41) is 5.44. The molecule has 0 unspecified atom stereocenters. The molecular formula is C26H25N3O3. The third-order valence-corrected chi connectivity index (χ3v) is 5.51. The summed E-state index contributed by atoms with van der Waals surface area (Å²) in [6.45, 7) is 0.376. The van der Waals surface area contributed by atoms with Gasteiger partial charge in [0.05, 0.1) is 6.54 Å². The molecule has 4 rings (SSSR count). The summed E-state index contributed by atoms with van der Waals surface area (Å²) in [5.74, 6) is -0.957. The third kappa shape index (κ3) is 4.86. The van der Waals surface area contributed by atoms with Crippen LogP contribution >= 0.6 is 0 Å². The highest BCUT2D eigenvalue weighted by molar-refractivity contribution is 6.01. The molecule has 1 atom stereocenters. The molecule has 0 fully saturated rings. The molecule has 0 bridgehead atoms. The second kappa shape index (κ2) is 9.92. The number of benzene rings is 3. The molecule has 0 saturated heterocycles. The van der Waals surface area contributed by atoms with E-state index < -0.39 is 11.9 Å². The first-order valence-corrected chi connectivity index (χ1v) is 10.7. The monoisotopic (exact) mass is 427 g/mol. The number of hydrogen-bond donors (Lipinski definition) is 2. The number of hydrogen-bond acceptors (Lipinski definition) is 3. The van der Waals surface area contributed by atoms with Crippen molar-refractivity contribution in [2.45, 2.75) is 18.9 Å². The zero-order chi connectivity index (χ0) is 22.3. The van der Waals surface area contributed by atoms with Crippen molar-refractivity contribution in [3.05, 3.63) is 102 Å². The molecule has 0 radical (unpaired) electrons. The highest BCUT2D eigenvalue weighted by Gasteiger charge is 2.30. The molecule has 6 heteroatoms. The molecule has 3 aromatic carbocycles. The molecule has 6 nitrogen and oxygen atoms in total. The Bertz CT molecular complexity index is 1100. The van der Waals surface area contributed by atoms with E-state index in [1.807, 2.05) is 60.7 Å². The van der Waals surface area contributed by atoms with Crippen LogP contribution in [0.4, 0.5) is 5.69 Å². The van der Waals surface area contributed by atoms with Crippen LogP contribution in [0.5, 0.6) is 0 Å². The minimum Gasteiger partial charge on any atom is -0.343 e. The maximum absolute atomic E-state index is 13.6. The number of aryl methyl sites for hydroxylation is 1. The summed E-state index contributed by atoms with van der Waals surface area (Å²) < 4.78 is 0. The summed E-state index contributed by atoms with van der Waals surface area (Å²) in [6, 6.07) is 24.9. The molecular weight excluding hydrogens is 402 g/mol. The Morgan fingerprint density at radius 1 is 0.844 bits per heavy atom. The number of carbonyl (C=O) groups is 3. The lowest BCUT2D eigenvalue weighted by Crippen LogP contribution is -2.47. The molecule has 3 amide bonds. The predicted octanol–water partition coefficient (Wildman–Crippen LogP) is 3.25. The molecule has 1 heterocycles. The van der Waals surface area contributed by atoms with Gasteiger partial charge in [0.1, 0.15) is 6.04 Å². The number of nitrogens with zero attached hydrogens (tertiary/aromatic N) is 1. The van der Waals surface area contributed by atoms with Crippen molar-refractivity contribution in [3.8, 4) is 0 Å². The molecule has 32 heavy (non-hydrogen) atoms. The molecule has 1 aliphatic heterocycles. The van der Waals surface area contributed by atoms with Crippen LogP contribution < -0.4 is 15.5 Å². The number of para-hydroxylation sites is 1.